The van der Waals surface area contributed by atoms with Crippen molar-refractivity contribution in [1.82, 2.24) is 0 Å². The van der Waals surface area contributed by atoms with Gasteiger partial charge >= 0.3 is 0 Å². The van der Waals surface area contributed by atoms with Gasteiger partial charge in [-0.3, -0.25) is 0 Å². The Morgan fingerprint density at radius 1 is 1.08 bits per heavy atom. The molecule has 0 amide bonds. The second-order valence-electron chi connectivity index (χ2n) is 3.78. The van der Waals surface area contributed by atoms with Crippen molar-refractivity contribution in [2.75, 3.05) is 0 Å². The lowest BCUT2D eigenvalue weighted by Gasteiger charge is -2.27. The molecule has 0 saturated heterocycles. The molecule has 0 bridgehead atoms. The average Bonchev–Trinajstić information content (AvgIpc) is 2.19. The van der Waals surface area contributed by atoms with Gasteiger partial charge in [-0.15, -0.1) is 0 Å². The molecule has 1 nitrogen and oxygen atoms in total. The van der Waals surface area contributed by atoms with E-state index in [4.69, 9.17) is 4.18 Å². The molecule has 0 aliphatic carbocycles. The fraction of sp³-hybridized carbons (Fsp3) is 1.00. The Hall–Kier alpha value is 0.310. The van der Waals surface area contributed by atoms with Crippen LogP contribution in [-0.2, 0) is 4.18 Å². The summed E-state index contributed by atoms with van der Waals surface area (Å²) in [7, 11) is 0. The van der Waals surface area contributed by atoms with Crippen molar-refractivity contribution in [3.63, 3.8) is 0 Å². The van der Waals surface area contributed by atoms with E-state index in [1.807, 2.05) is 0 Å². The first-order valence-corrected chi connectivity index (χ1v) is 6.26. The summed E-state index contributed by atoms with van der Waals surface area (Å²) in [5.41, 5.74) is 0.0766. The van der Waals surface area contributed by atoms with E-state index in [0.29, 0.717) is 5.25 Å². The van der Waals surface area contributed by atoms with E-state index < -0.39 is 0 Å². The van der Waals surface area contributed by atoms with E-state index in [-0.39, 0.29) is 5.60 Å². The molecule has 0 rings (SSSR count). The largest absolute Gasteiger partial charge is 0.309 e. The molecule has 0 aromatic heterocycles. The van der Waals surface area contributed by atoms with E-state index in [9.17, 15) is 0 Å². The smallest absolute Gasteiger partial charge is 0.0796 e. The Balaban J connectivity index is 3.83. The highest BCUT2D eigenvalue weighted by atomic mass is 32.2. The molecule has 13 heavy (non-hydrogen) atoms. The molecule has 80 valence electrons. The zero-order valence-corrected chi connectivity index (χ0v) is 10.5. The summed E-state index contributed by atoms with van der Waals surface area (Å²) in [5.74, 6) is 0. The van der Waals surface area contributed by atoms with Gasteiger partial charge in [0.05, 0.1) is 5.60 Å². The third-order valence-electron chi connectivity index (χ3n) is 2.79. The van der Waals surface area contributed by atoms with E-state index in [1.54, 1.807) is 12.0 Å². The average molecular weight is 204 g/mol. The Morgan fingerprint density at radius 2 is 1.54 bits per heavy atom. The molecular formula is C11H24OS. The van der Waals surface area contributed by atoms with Crippen molar-refractivity contribution in [3.05, 3.63) is 0 Å². The zero-order valence-electron chi connectivity index (χ0n) is 9.72. The summed E-state index contributed by atoms with van der Waals surface area (Å²) in [6.45, 7) is 11.0. The van der Waals surface area contributed by atoms with Crippen molar-refractivity contribution in [1.29, 1.82) is 0 Å². The SMILES string of the molecule is CCC(CC)SOC(C)(CC)CC. The van der Waals surface area contributed by atoms with Crippen molar-refractivity contribution >= 4 is 12.0 Å². The molecular weight excluding hydrogens is 180 g/mol. The van der Waals surface area contributed by atoms with Crippen LogP contribution in [0.15, 0.2) is 0 Å². The first-order valence-electron chi connectivity index (χ1n) is 5.46. The lowest BCUT2D eigenvalue weighted by Crippen LogP contribution is -2.24. The van der Waals surface area contributed by atoms with Crippen molar-refractivity contribution in [2.24, 2.45) is 0 Å². The molecule has 0 saturated carbocycles. The Bertz CT molecular complexity index is 117. The lowest BCUT2D eigenvalue weighted by atomic mass is 10.0. The molecule has 0 radical (unpaired) electrons. The summed E-state index contributed by atoms with van der Waals surface area (Å²) in [5, 5.41) is 0.664. The highest BCUT2D eigenvalue weighted by Gasteiger charge is 2.22. The molecule has 2 heteroatoms. The Labute approximate surface area is 87.8 Å². The minimum atomic E-state index is 0.0766. The fourth-order valence-electron chi connectivity index (χ4n) is 0.977. The first kappa shape index (κ1) is 13.3. The second-order valence-corrected chi connectivity index (χ2v) is 4.80. The predicted octanol–water partition coefficient (Wildman–Crippen LogP) is 4.42. The maximum Gasteiger partial charge on any atom is 0.0796 e. The Kier molecular flexibility index (Phi) is 6.88. The number of hydrogen-bond acceptors (Lipinski definition) is 2. The molecule has 0 atom stereocenters. The van der Waals surface area contributed by atoms with Gasteiger partial charge in [0.25, 0.3) is 0 Å². The second kappa shape index (κ2) is 6.72. The van der Waals surface area contributed by atoms with Crippen molar-refractivity contribution < 1.29 is 4.18 Å². The fourth-order valence-corrected chi connectivity index (χ4v) is 1.85. The van der Waals surface area contributed by atoms with E-state index in [1.165, 1.54) is 12.8 Å². The summed E-state index contributed by atoms with van der Waals surface area (Å²) in [6, 6.07) is 0. The van der Waals surface area contributed by atoms with Crippen molar-refractivity contribution in [2.45, 2.75) is 71.2 Å². The first-order chi connectivity index (χ1) is 6.11. The van der Waals surface area contributed by atoms with Crippen LogP contribution >= 0.6 is 12.0 Å². The van der Waals surface area contributed by atoms with Crippen LogP contribution in [0.25, 0.3) is 0 Å². The third-order valence-corrected chi connectivity index (χ3v) is 4.23. The molecule has 0 spiro atoms. The molecule has 0 aliphatic heterocycles. The van der Waals surface area contributed by atoms with Crippen LogP contribution in [-0.4, -0.2) is 10.9 Å². The normalized spacial score (nSPS) is 12.5. The number of hydrogen-bond donors (Lipinski definition) is 0. The van der Waals surface area contributed by atoms with E-state index in [0.717, 1.165) is 12.8 Å². The summed E-state index contributed by atoms with van der Waals surface area (Å²) in [6.07, 6.45) is 4.59. The van der Waals surface area contributed by atoms with Gasteiger partial charge in [0.15, 0.2) is 0 Å². The highest BCUT2D eigenvalue weighted by molar-refractivity contribution is 7.95. The topological polar surface area (TPSA) is 9.23 Å². The van der Waals surface area contributed by atoms with Crippen LogP contribution in [0.3, 0.4) is 0 Å². The Morgan fingerprint density at radius 3 is 1.85 bits per heavy atom. The van der Waals surface area contributed by atoms with Gasteiger partial charge in [-0.25, -0.2) is 0 Å². The monoisotopic (exact) mass is 204 g/mol. The minimum absolute atomic E-state index is 0.0766. The van der Waals surface area contributed by atoms with Crippen LogP contribution in [0, 0.1) is 0 Å². The molecule has 0 N–H and O–H groups in total. The van der Waals surface area contributed by atoms with E-state index >= 15 is 0 Å². The third kappa shape index (κ3) is 4.92. The van der Waals surface area contributed by atoms with Crippen LogP contribution in [0.5, 0.6) is 0 Å². The predicted molar refractivity (Wildman–Crippen MR) is 62.0 cm³/mol. The van der Waals surface area contributed by atoms with Gasteiger partial charge in [-0.1, -0.05) is 27.7 Å². The highest BCUT2D eigenvalue weighted by Crippen LogP contribution is 2.29. The van der Waals surface area contributed by atoms with Gasteiger partial charge < -0.3 is 4.18 Å². The quantitative estimate of drug-likeness (QED) is 0.568. The van der Waals surface area contributed by atoms with Crippen molar-refractivity contribution in [3.8, 4) is 0 Å². The molecule has 0 heterocycles. The van der Waals surface area contributed by atoms with Gasteiger partial charge in [-0.2, -0.15) is 0 Å². The molecule has 0 aliphatic rings. The lowest BCUT2D eigenvalue weighted by molar-refractivity contribution is 0.107. The van der Waals surface area contributed by atoms with Gasteiger partial charge in [-0.05, 0) is 44.6 Å². The van der Waals surface area contributed by atoms with Crippen LogP contribution in [0.4, 0.5) is 0 Å². The van der Waals surface area contributed by atoms with Gasteiger partial charge in [0.2, 0.25) is 0 Å². The molecule has 0 aromatic carbocycles. The van der Waals surface area contributed by atoms with Crippen LogP contribution in [0.2, 0.25) is 0 Å². The van der Waals surface area contributed by atoms with Crippen LogP contribution in [0.1, 0.15) is 60.3 Å². The zero-order chi connectivity index (χ0) is 10.3. The maximum atomic E-state index is 5.89. The summed E-state index contributed by atoms with van der Waals surface area (Å²) < 4.78 is 5.89. The van der Waals surface area contributed by atoms with Gasteiger partial charge in [0.1, 0.15) is 0 Å². The van der Waals surface area contributed by atoms with Crippen LogP contribution < -0.4 is 0 Å². The standard InChI is InChI=1S/C11H24OS/c1-6-10(7-2)13-12-11(5,8-3)9-4/h10H,6-9H2,1-5H3. The maximum absolute atomic E-state index is 5.89. The molecule has 0 unspecified atom stereocenters. The van der Waals surface area contributed by atoms with E-state index in [2.05, 4.69) is 34.6 Å². The number of rotatable bonds is 7. The minimum Gasteiger partial charge on any atom is -0.309 e. The van der Waals surface area contributed by atoms with Gasteiger partial charge in [0, 0.05) is 5.25 Å². The summed E-state index contributed by atoms with van der Waals surface area (Å²) >= 11 is 1.68. The molecule has 0 fully saturated rings. The summed E-state index contributed by atoms with van der Waals surface area (Å²) in [4.78, 5) is 0. The molecule has 0 aromatic rings.